The van der Waals surface area contributed by atoms with E-state index < -0.39 is 7.82 Å². The van der Waals surface area contributed by atoms with Gasteiger partial charge in [-0.2, -0.15) is 8.15 Å². The van der Waals surface area contributed by atoms with E-state index in [0.717, 1.165) is 0 Å². The van der Waals surface area contributed by atoms with Crippen molar-refractivity contribution in [2.24, 2.45) is 0 Å². The molecule has 0 spiro atoms. The molecule has 0 heterocycles. The molecule has 46 valence electrons. The van der Waals surface area contributed by atoms with Gasteiger partial charge in [0.25, 0.3) is 0 Å². The van der Waals surface area contributed by atoms with Crippen molar-refractivity contribution < 1.29 is 17.6 Å². The third-order valence-electron chi connectivity index (χ3n) is 0.174. The van der Waals surface area contributed by atoms with Crippen LogP contribution in [0.4, 0.5) is 0 Å². The molecular weight excluding hydrogens is 299 g/mol. The van der Waals surface area contributed by atoms with Crippen LogP contribution in [0.3, 0.4) is 0 Å². The summed E-state index contributed by atoms with van der Waals surface area (Å²) in [6.07, 6.45) is 0. The molecule has 8 heavy (non-hydrogen) atoms. The molecule has 8 heteroatoms. The zero-order valence-electron chi connectivity index (χ0n) is 2.88. The molecule has 1 N–H and O–H groups in total. The van der Waals surface area contributed by atoms with Crippen molar-refractivity contribution in [3.8, 4) is 0 Å². The first-order valence-electron chi connectivity index (χ1n) is 1.06. The van der Waals surface area contributed by atoms with E-state index >= 15 is 0 Å². The third kappa shape index (κ3) is 6.86. The molecule has 0 radical (unpaired) electrons. The van der Waals surface area contributed by atoms with Crippen molar-refractivity contribution in [3.63, 3.8) is 0 Å². The number of hydrogen-bond acceptors (Lipinski definition) is 3. The fraction of sp³-hybridized carbons (Fsp3) is 0. The van der Waals surface area contributed by atoms with Crippen LogP contribution in [0.1, 0.15) is 0 Å². The fourth-order valence-corrected chi connectivity index (χ4v) is 0.287. The molecule has 0 aliphatic carbocycles. The zero-order chi connectivity index (χ0) is 5.91. The molecule has 0 aromatic carbocycles. The van der Waals surface area contributed by atoms with Crippen molar-refractivity contribution >= 4 is 100 Å². The topological polar surface area (TPSA) is 55.8 Å². The Labute approximate surface area is 115 Å². The minimum atomic E-state index is -4.12. The standard InChI is InChI=1S/Cl2HO4P.Cs.H/c1-5-7(3,4)6-2;;/h(H,3,4);;. The second kappa shape index (κ2) is 6.45. The van der Waals surface area contributed by atoms with Gasteiger partial charge in [-0.15, -0.1) is 0 Å². The summed E-state index contributed by atoms with van der Waals surface area (Å²) in [4.78, 5) is 7.98. The number of hydrogen-bond donors (Lipinski definition) is 1. The summed E-state index contributed by atoms with van der Waals surface area (Å²) in [5.41, 5.74) is 0. The molecule has 0 saturated carbocycles. The molecule has 0 saturated heterocycles. The quantitative estimate of drug-likeness (QED) is 0.766. The van der Waals surface area contributed by atoms with Gasteiger partial charge in [0.2, 0.25) is 0 Å². The Morgan fingerprint density at radius 2 is 1.62 bits per heavy atom. The van der Waals surface area contributed by atoms with Crippen LogP contribution in [0.15, 0.2) is 0 Å². The average Bonchev–Trinajstić information content (AvgIpc) is 1.68. The van der Waals surface area contributed by atoms with Crippen molar-refractivity contribution in [2.45, 2.75) is 0 Å². The van der Waals surface area contributed by atoms with Crippen molar-refractivity contribution in [3.05, 3.63) is 0 Å². The van der Waals surface area contributed by atoms with Gasteiger partial charge in [-0.05, 0) is 0 Å². The van der Waals surface area contributed by atoms with Crippen LogP contribution in [-0.2, 0) is 12.7 Å². The van der Waals surface area contributed by atoms with E-state index in [1.807, 2.05) is 0 Å². The summed E-state index contributed by atoms with van der Waals surface area (Å²) in [6, 6.07) is 0. The second-order valence-corrected chi connectivity index (χ2v) is 2.65. The number of halogens is 2. The van der Waals surface area contributed by atoms with Crippen LogP contribution < -0.4 is 0 Å². The van der Waals surface area contributed by atoms with Crippen LogP contribution in [0, 0.1) is 0 Å². The van der Waals surface area contributed by atoms with Crippen LogP contribution in [0.25, 0.3) is 0 Å². The van der Waals surface area contributed by atoms with Gasteiger partial charge >= 0.3 is 76.7 Å². The Morgan fingerprint density at radius 1 is 1.38 bits per heavy atom. The summed E-state index contributed by atoms with van der Waals surface area (Å²) >= 11 is 8.74. The van der Waals surface area contributed by atoms with Crippen LogP contribution in [0.5, 0.6) is 0 Å². The van der Waals surface area contributed by atoms with E-state index in [2.05, 4.69) is 31.9 Å². The summed E-state index contributed by atoms with van der Waals surface area (Å²) < 4.78 is 16.4. The summed E-state index contributed by atoms with van der Waals surface area (Å²) in [6.45, 7) is 0. The molecule has 0 bridgehead atoms. The van der Waals surface area contributed by atoms with Gasteiger partial charge in [-0.25, -0.2) is 4.57 Å². The normalized spacial score (nSPS) is 10.4. The van der Waals surface area contributed by atoms with Crippen molar-refractivity contribution in [2.75, 3.05) is 0 Å². The first-order valence-corrected chi connectivity index (χ1v) is 3.17. The average molecular weight is 301 g/mol. The SMILES string of the molecule is O=P(O)(OCl)OCl.[CsH]. The van der Waals surface area contributed by atoms with Crippen molar-refractivity contribution in [1.82, 2.24) is 0 Å². The summed E-state index contributed by atoms with van der Waals surface area (Å²) in [7, 11) is -4.12. The Morgan fingerprint density at radius 3 is 1.62 bits per heavy atom. The number of phosphoric acid groups is 1. The monoisotopic (exact) mass is 300 g/mol. The minimum absolute atomic E-state index is 0. The molecule has 0 aliphatic heterocycles. The van der Waals surface area contributed by atoms with E-state index in [1.54, 1.807) is 0 Å². The van der Waals surface area contributed by atoms with E-state index in [4.69, 9.17) is 4.89 Å². The van der Waals surface area contributed by atoms with Gasteiger partial charge in [0.05, 0.1) is 23.7 Å². The molecule has 0 rings (SSSR count). The van der Waals surface area contributed by atoms with Crippen LogP contribution in [-0.4, -0.2) is 73.8 Å². The second-order valence-electron chi connectivity index (χ2n) is 0.607. The summed E-state index contributed by atoms with van der Waals surface area (Å²) in [5.74, 6) is 0. The van der Waals surface area contributed by atoms with Crippen molar-refractivity contribution in [1.29, 1.82) is 0 Å². The Kier molecular flexibility index (Phi) is 10.8. The molecule has 0 fully saturated rings. The summed E-state index contributed by atoms with van der Waals surface area (Å²) in [5, 5.41) is 0. The van der Waals surface area contributed by atoms with E-state index in [-0.39, 0.29) is 68.9 Å². The van der Waals surface area contributed by atoms with Gasteiger partial charge in [0.1, 0.15) is 0 Å². The maximum absolute atomic E-state index is 9.80. The van der Waals surface area contributed by atoms with Gasteiger partial charge in [0, 0.05) is 0 Å². The van der Waals surface area contributed by atoms with Gasteiger partial charge in [0.15, 0.2) is 0 Å². The molecule has 0 aromatic rings. The van der Waals surface area contributed by atoms with E-state index in [9.17, 15) is 4.57 Å². The Bertz CT molecular complexity index is 86.0. The van der Waals surface area contributed by atoms with Crippen LogP contribution >= 0.6 is 31.6 Å². The maximum atomic E-state index is 9.80. The molecule has 0 atom stereocenters. The molecule has 0 aliphatic rings. The molecule has 0 unspecified atom stereocenters. The molecule has 0 aromatic heterocycles. The molecule has 4 nitrogen and oxygen atoms in total. The molecular formula is H2Cl2CsO4P. The Balaban J connectivity index is 0. The van der Waals surface area contributed by atoms with Gasteiger partial charge < -0.3 is 4.89 Å². The van der Waals surface area contributed by atoms with Gasteiger partial charge in [-0.3, -0.25) is 0 Å². The van der Waals surface area contributed by atoms with Crippen LogP contribution in [0.2, 0.25) is 0 Å². The fourth-order valence-electron chi connectivity index (χ4n) is 0.0106. The molecule has 0 amide bonds. The predicted octanol–water partition coefficient (Wildman–Crippen LogP) is 0.779. The zero-order valence-corrected chi connectivity index (χ0v) is 5.28. The van der Waals surface area contributed by atoms with E-state index in [0.29, 0.717) is 0 Å². The van der Waals surface area contributed by atoms with E-state index in [1.165, 1.54) is 0 Å². The predicted molar refractivity (Wildman–Crippen MR) is 30.9 cm³/mol. The number of rotatable bonds is 2. The first kappa shape index (κ1) is 13.3. The van der Waals surface area contributed by atoms with Gasteiger partial charge in [-0.1, -0.05) is 0 Å². The Hall–Kier alpha value is 2.74. The third-order valence-corrected chi connectivity index (χ3v) is 1.57. The first-order chi connectivity index (χ1) is 3.12.